The normalized spacial score (nSPS) is 9.43. The lowest BCUT2D eigenvalue weighted by molar-refractivity contribution is 0.151. The van der Waals surface area contributed by atoms with Gasteiger partial charge in [0.25, 0.3) is 6.43 Å². The van der Waals surface area contributed by atoms with Crippen LogP contribution < -0.4 is 5.32 Å². The number of hydrogen-bond acceptors (Lipinski definition) is 1. The highest BCUT2D eigenvalue weighted by molar-refractivity contribution is 5.46. The van der Waals surface area contributed by atoms with Gasteiger partial charge in [-0.15, -0.1) is 5.92 Å². The molecule has 0 aliphatic heterocycles. The van der Waals surface area contributed by atoms with E-state index < -0.39 is 6.43 Å². The van der Waals surface area contributed by atoms with Crippen LogP contribution in [0.5, 0.6) is 0 Å². The Balaban J connectivity index is 2.67. The van der Waals surface area contributed by atoms with E-state index in [0.717, 1.165) is 0 Å². The standard InChI is InChI=1S/C11H11F2N/c1-2-3-7-14-10-6-4-5-9(8-10)11(12)13/h4-6,8,11,14H,7H2,1H3. The quantitative estimate of drug-likeness (QED) is 0.731. The van der Waals surface area contributed by atoms with Gasteiger partial charge in [-0.05, 0) is 19.1 Å². The zero-order valence-electron chi connectivity index (χ0n) is 7.85. The lowest BCUT2D eigenvalue weighted by Gasteiger charge is -2.04. The van der Waals surface area contributed by atoms with Crippen LogP contribution in [0.4, 0.5) is 14.5 Å². The summed E-state index contributed by atoms with van der Waals surface area (Å²) in [4.78, 5) is 0. The number of rotatable bonds is 3. The zero-order chi connectivity index (χ0) is 10.4. The number of anilines is 1. The lowest BCUT2D eigenvalue weighted by atomic mass is 10.2. The van der Waals surface area contributed by atoms with Crippen molar-refractivity contribution in [1.82, 2.24) is 0 Å². The van der Waals surface area contributed by atoms with E-state index in [0.29, 0.717) is 12.2 Å². The molecule has 0 fully saturated rings. The van der Waals surface area contributed by atoms with E-state index in [1.165, 1.54) is 12.1 Å². The fraction of sp³-hybridized carbons (Fsp3) is 0.273. The Labute approximate surface area is 82.1 Å². The molecular formula is C11H11F2N. The topological polar surface area (TPSA) is 12.0 Å². The van der Waals surface area contributed by atoms with Gasteiger partial charge in [-0.2, -0.15) is 0 Å². The monoisotopic (exact) mass is 195 g/mol. The van der Waals surface area contributed by atoms with Gasteiger partial charge >= 0.3 is 0 Å². The van der Waals surface area contributed by atoms with E-state index in [-0.39, 0.29) is 5.56 Å². The highest BCUT2D eigenvalue weighted by Crippen LogP contribution is 2.21. The van der Waals surface area contributed by atoms with Crippen molar-refractivity contribution < 1.29 is 8.78 Å². The van der Waals surface area contributed by atoms with Gasteiger partial charge in [0.2, 0.25) is 0 Å². The third-order valence-electron chi connectivity index (χ3n) is 1.70. The third kappa shape index (κ3) is 3.06. The highest BCUT2D eigenvalue weighted by Gasteiger charge is 2.05. The second kappa shape index (κ2) is 5.23. The first-order valence-corrected chi connectivity index (χ1v) is 4.25. The second-order valence-electron chi connectivity index (χ2n) is 2.71. The molecule has 0 atom stereocenters. The Bertz CT molecular complexity index is 350. The van der Waals surface area contributed by atoms with Crippen molar-refractivity contribution >= 4 is 5.69 Å². The highest BCUT2D eigenvalue weighted by atomic mass is 19.3. The molecular weight excluding hydrogens is 184 g/mol. The summed E-state index contributed by atoms with van der Waals surface area (Å²) in [6.45, 7) is 2.21. The van der Waals surface area contributed by atoms with Crippen LogP contribution in [0, 0.1) is 11.8 Å². The molecule has 0 radical (unpaired) electrons. The van der Waals surface area contributed by atoms with E-state index in [2.05, 4.69) is 17.2 Å². The Morgan fingerprint density at radius 2 is 2.21 bits per heavy atom. The van der Waals surface area contributed by atoms with Gasteiger partial charge in [-0.3, -0.25) is 0 Å². The summed E-state index contributed by atoms with van der Waals surface area (Å²) < 4.78 is 24.6. The summed E-state index contributed by atoms with van der Waals surface area (Å²) in [6, 6.07) is 6.18. The van der Waals surface area contributed by atoms with E-state index in [1.807, 2.05) is 0 Å². The fourth-order valence-corrected chi connectivity index (χ4v) is 1.02. The first kappa shape index (κ1) is 10.5. The molecule has 0 aliphatic rings. The molecule has 0 aliphatic carbocycles. The molecule has 0 unspecified atom stereocenters. The number of benzene rings is 1. The molecule has 0 spiro atoms. The fourth-order valence-electron chi connectivity index (χ4n) is 1.02. The first-order valence-electron chi connectivity index (χ1n) is 4.25. The van der Waals surface area contributed by atoms with Gasteiger partial charge in [-0.1, -0.05) is 18.1 Å². The SMILES string of the molecule is CC#CCNc1cccc(C(F)F)c1. The van der Waals surface area contributed by atoms with Crippen LogP contribution in [-0.2, 0) is 0 Å². The Morgan fingerprint density at radius 3 is 2.86 bits per heavy atom. The van der Waals surface area contributed by atoms with Crippen molar-refractivity contribution in [3.63, 3.8) is 0 Å². The predicted molar refractivity (Wildman–Crippen MR) is 53.3 cm³/mol. The molecule has 1 aromatic carbocycles. The zero-order valence-corrected chi connectivity index (χ0v) is 7.85. The van der Waals surface area contributed by atoms with E-state index in [1.54, 1.807) is 19.1 Å². The summed E-state index contributed by atoms with van der Waals surface area (Å²) in [5.41, 5.74) is 0.699. The molecule has 1 nitrogen and oxygen atoms in total. The van der Waals surface area contributed by atoms with Crippen molar-refractivity contribution in [2.75, 3.05) is 11.9 Å². The number of hydrogen-bond donors (Lipinski definition) is 1. The smallest absolute Gasteiger partial charge is 0.263 e. The van der Waals surface area contributed by atoms with Crippen LogP contribution >= 0.6 is 0 Å². The molecule has 74 valence electrons. The maximum atomic E-state index is 12.3. The summed E-state index contributed by atoms with van der Waals surface area (Å²) in [5.74, 6) is 5.51. The molecule has 0 saturated heterocycles. The summed E-state index contributed by atoms with van der Waals surface area (Å²) >= 11 is 0. The molecule has 14 heavy (non-hydrogen) atoms. The summed E-state index contributed by atoms with van der Waals surface area (Å²) in [6.07, 6.45) is -2.42. The van der Waals surface area contributed by atoms with Gasteiger partial charge in [-0.25, -0.2) is 8.78 Å². The largest absolute Gasteiger partial charge is 0.374 e. The molecule has 1 rings (SSSR count). The molecule has 0 aromatic heterocycles. The summed E-state index contributed by atoms with van der Waals surface area (Å²) in [7, 11) is 0. The maximum absolute atomic E-state index is 12.3. The molecule has 0 bridgehead atoms. The van der Waals surface area contributed by atoms with Crippen molar-refractivity contribution in [3.8, 4) is 11.8 Å². The number of nitrogens with one attached hydrogen (secondary N) is 1. The predicted octanol–water partition coefficient (Wildman–Crippen LogP) is 3.06. The van der Waals surface area contributed by atoms with Crippen molar-refractivity contribution in [2.45, 2.75) is 13.3 Å². The van der Waals surface area contributed by atoms with Gasteiger partial charge < -0.3 is 5.32 Å². The minimum Gasteiger partial charge on any atom is -0.374 e. The summed E-state index contributed by atoms with van der Waals surface area (Å²) in [5, 5.41) is 2.93. The average molecular weight is 195 g/mol. The third-order valence-corrected chi connectivity index (χ3v) is 1.70. The minimum atomic E-state index is -2.42. The molecule has 3 heteroatoms. The first-order chi connectivity index (χ1) is 6.74. The average Bonchev–Trinajstić information content (AvgIpc) is 2.19. The van der Waals surface area contributed by atoms with Crippen molar-refractivity contribution in [3.05, 3.63) is 29.8 Å². The van der Waals surface area contributed by atoms with Crippen molar-refractivity contribution in [2.24, 2.45) is 0 Å². The van der Waals surface area contributed by atoms with E-state index in [4.69, 9.17) is 0 Å². The van der Waals surface area contributed by atoms with E-state index in [9.17, 15) is 8.78 Å². The molecule has 0 heterocycles. The van der Waals surface area contributed by atoms with Gasteiger partial charge in [0, 0.05) is 11.3 Å². The Hall–Kier alpha value is -1.56. The van der Waals surface area contributed by atoms with Gasteiger partial charge in [0.05, 0.1) is 6.54 Å². The number of halogens is 2. The van der Waals surface area contributed by atoms with Crippen LogP contribution in [0.1, 0.15) is 18.9 Å². The van der Waals surface area contributed by atoms with E-state index >= 15 is 0 Å². The van der Waals surface area contributed by atoms with Crippen LogP contribution in [0.25, 0.3) is 0 Å². The van der Waals surface area contributed by atoms with Crippen LogP contribution in [0.15, 0.2) is 24.3 Å². The Morgan fingerprint density at radius 1 is 1.43 bits per heavy atom. The van der Waals surface area contributed by atoms with Gasteiger partial charge in [0.1, 0.15) is 0 Å². The second-order valence-corrected chi connectivity index (χ2v) is 2.71. The minimum absolute atomic E-state index is 0.0273. The molecule has 1 aromatic rings. The molecule has 0 saturated carbocycles. The number of alkyl halides is 2. The lowest BCUT2D eigenvalue weighted by Crippen LogP contribution is -1.99. The molecule has 1 N–H and O–H groups in total. The molecule has 0 amide bonds. The van der Waals surface area contributed by atoms with Crippen LogP contribution in [0.3, 0.4) is 0 Å². The van der Waals surface area contributed by atoms with Crippen molar-refractivity contribution in [1.29, 1.82) is 0 Å². The maximum Gasteiger partial charge on any atom is 0.263 e. The van der Waals surface area contributed by atoms with Crippen LogP contribution in [-0.4, -0.2) is 6.54 Å². The Kier molecular flexibility index (Phi) is 3.93. The van der Waals surface area contributed by atoms with Gasteiger partial charge in [0.15, 0.2) is 0 Å². The van der Waals surface area contributed by atoms with Crippen LogP contribution in [0.2, 0.25) is 0 Å².